The first kappa shape index (κ1) is 16.1. The maximum absolute atomic E-state index is 4.33. The fourth-order valence-corrected chi connectivity index (χ4v) is 3.61. The zero-order valence-corrected chi connectivity index (χ0v) is 14.4. The third-order valence-corrected chi connectivity index (χ3v) is 4.76. The third-order valence-electron chi connectivity index (χ3n) is 3.91. The normalized spacial score (nSPS) is 12.9. The van der Waals surface area contributed by atoms with Gasteiger partial charge in [0.05, 0.1) is 10.6 Å². The van der Waals surface area contributed by atoms with Gasteiger partial charge < -0.3 is 5.32 Å². The number of aromatic nitrogens is 2. The van der Waals surface area contributed by atoms with Gasteiger partial charge in [0.2, 0.25) is 0 Å². The van der Waals surface area contributed by atoms with Crippen molar-refractivity contribution in [1.29, 1.82) is 0 Å². The van der Waals surface area contributed by atoms with Crippen LogP contribution in [0.25, 0.3) is 0 Å². The van der Waals surface area contributed by atoms with Crippen molar-refractivity contribution in [2.75, 3.05) is 6.54 Å². The maximum Gasteiger partial charge on any atom is 0.0829 e. The van der Waals surface area contributed by atoms with Crippen molar-refractivity contribution in [2.45, 2.75) is 53.0 Å². The average Bonchev–Trinajstić information content (AvgIpc) is 2.91. The molecule has 1 atom stereocenters. The summed E-state index contributed by atoms with van der Waals surface area (Å²) in [6.45, 7) is 11.9. The van der Waals surface area contributed by atoms with Crippen molar-refractivity contribution in [3.05, 3.63) is 45.5 Å². The van der Waals surface area contributed by atoms with E-state index in [4.69, 9.17) is 0 Å². The van der Waals surface area contributed by atoms with Gasteiger partial charge in [-0.2, -0.15) is 0 Å². The second kappa shape index (κ2) is 7.14. The largest absolute Gasteiger partial charge is 0.309 e. The van der Waals surface area contributed by atoms with E-state index in [1.165, 1.54) is 33.1 Å². The predicted octanol–water partition coefficient (Wildman–Crippen LogP) is 4.17. The zero-order valence-electron chi connectivity index (χ0n) is 13.6. The van der Waals surface area contributed by atoms with Crippen LogP contribution >= 0.6 is 11.5 Å². The fraction of sp³-hybridized carbons (Fsp3) is 0.529. The molecule has 2 rings (SSSR count). The predicted molar refractivity (Wildman–Crippen MR) is 90.0 cm³/mol. The van der Waals surface area contributed by atoms with Gasteiger partial charge in [-0.1, -0.05) is 43.5 Å². The van der Waals surface area contributed by atoms with Crippen LogP contribution in [-0.4, -0.2) is 16.1 Å². The first-order valence-corrected chi connectivity index (χ1v) is 8.42. The minimum atomic E-state index is 0.298. The van der Waals surface area contributed by atoms with Gasteiger partial charge >= 0.3 is 0 Å². The molecular weight excluding hydrogens is 278 g/mol. The molecule has 0 saturated carbocycles. The topological polar surface area (TPSA) is 37.8 Å². The molecule has 0 amide bonds. The van der Waals surface area contributed by atoms with Crippen LogP contribution in [-0.2, 0) is 6.42 Å². The lowest BCUT2D eigenvalue weighted by molar-refractivity contribution is 0.547. The number of hydrogen-bond donors (Lipinski definition) is 1. The Morgan fingerprint density at radius 3 is 2.43 bits per heavy atom. The molecular formula is C17H25N3S. The second-order valence-corrected chi connectivity index (χ2v) is 6.65. The Kier molecular flexibility index (Phi) is 5.48. The third kappa shape index (κ3) is 3.69. The number of rotatable bonds is 6. The molecule has 0 aliphatic rings. The quantitative estimate of drug-likeness (QED) is 0.870. The molecule has 1 aromatic carbocycles. The van der Waals surface area contributed by atoms with Crippen LogP contribution in [0.3, 0.4) is 0 Å². The fourth-order valence-electron chi connectivity index (χ4n) is 2.73. The Labute approximate surface area is 132 Å². The summed E-state index contributed by atoms with van der Waals surface area (Å²) in [4.78, 5) is 1.29. The lowest BCUT2D eigenvalue weighted by atomic mass is 9.94. The molecule has 0 aliphatic heterocycles. The second-order valence-electron chi connectivity index (χ2n) is 5.86. The van der Waals surface area contributed by atoms with Crippen LogP contribution < -0.4 is 5.32 Å². The van der Waals surface area contributed by atoms with Crippen molar-refractivity contribution in [2.24, 2.45) is 0 Å². The van der Waals surface area contributed by atoms with Crippen molar-refractivity contribution >= 4 is 11.5 Å². The SMILES string of the molecule is CCNC(Cc1c(C)cccc1C)c1snnc1C(C)C. The van der Waals surface area contributed by atoms with Crippen LogP contribution in [0.5, 0.6) is 0 Å². The van der Waals surface area contributed by atoms with Gasteiger partial charge in [-0.3, -0.25) is 0 Å². The van der Waals surface area contributed by atoms with E-state index in [9.17, 15) is 0 Å². The van der Waals surface area contributed by atoms with E-state index >= 15 is 0 Å². The summed E-state index contributed by atoms with van der Waals surface area (Å²) in [6, 6.07) is 6.82. The highest BCUT2D eigenvalue weighted by Gasteiger charge is 2.22. The van der Waals surface area contributed by atoms with Gasteiger partial charge in [-0.25, -0.2) is 0 Å². The number of likely N-dealkylation sites (N-methyl/N-ethyl adjacent to an activating group) is 1. The Morgan fingerprint density at radius 1 is 1.19 bits per heavy atom. The van der Waals surface area contributed by atoms with E-state index in [1.54, 1.807) is 0 Å². The smallest absolute Gasteiger partial charge is 0.0829 e. The number of nitrogens with one attached hydrogen (secondary N) is 1. The summed E-state index contributed by atoms with van der Waals surface area (Å²) in [7, 11) is 0. The van der Waals surface area contributed by atoms with Crippen LogP contribution in [0.15, 0.2) is 18.2 Å². The maximum atomic E-state index is 4.33. The van der Waals surface area contributed by atoms with Crippen LogP contribution in [0.1, 0.15) is 60.0 Å². The molecule has 21 heavy (non-hydrogen) atoms. The highest BCUT2D eigenvalue weighted by atomic mass is 32.1. The molecule has 114 valence electrons. The Bertz CT molecular complexity index is 569. The summed E-state index contributed by atoms with van der Waals surface area (Å²) in [5.74, 6) is 0.415. The van der Waals surface area contributed by atoms with Crippen LogP contribution in [0, 0.1) is 13.8 Å². The van der Waals surface area contributed by atoms with Gasteiger partial charge in [-0.05, 0) is 61.0 Å². The summed E-state index contributed by atoms with van der Waals surface area (Å²) < 4.78 is 4.18. The van der Waals surface area contributed by atoms with Crippen molar-refractivity contribution in [3.8, 4) is 0 Å². The average molecular weight is 303 g/mol. The highest BCUT2D eigenvalue weighted by Crippen LogP contribution is 2.30. The molecule has 0 aliphatic carbocycles. The number of aryl methyl sites for hydroxylation is 2. The Hall–Kier alpha value is -1.26. The highest BCUT2D eigenvalue weighted by molar-refractivity contribution is 7.05. The molecule has 0 saturated heterocycles. The van der Waals surface area contributed by atoms with Crippen LogP contribution in [0.4, 0.5) is 0 Å². The van der Waals surface area contributed by atoms with E-state index in [0.717, 1.165) is 18.7 Å². The van der Waals surface area contributed by atoms with Gasteiger partial charge in [0.1, 0.15) is 0 Å². The molecule has 1 N–H and O–H groups in total. The Morgan fingerprint density at radius 2 is 1.86 bits per heavy atom. The molecule has 0 bridgehead atoms. The first-order valence-electron chi connectivity index (χ1n) is 7.65. The van der Waals surface area contributed by atoms with Crippen molar-refractivity contribution in [1.82, 2.24) is 14.9 Å². The zero-order chi connectivity index (χ0) is 15.4. The van der Waals surface area contributed by atoms with Crippen molar-refractivity contribution < 1.29 is 0 Å². The Balaban J connectivity index is 2.33. The molecule has 0 fully saturated rings. The minimum absolute atomic E-state index is 0.298. The van der Waals surface area contributed by atoms with Crippen molar-refractivity contribution in [3.63, 3.8) is 0 Å². The molecule has 3 nitrogen and oxygen atoms in total. The lowest BCUT2D eigenvalue weighted by Crippen LogP contribution is -2.24. The van der Waals surface area contributed by atoms with E-state index < -0.39 is 0 Å². The molecule has 0 spiro atoms. The summed E-state index contributed by atoms with van der Waals surface area (Å²) >= 11 is 1.53. The van der Waals surface area contributed by atoms with E-state index in [1.807, 2.05) is 0 Å². The summed E-state index contributed by atoms with van der Waals surface area (Å²) in [5.41, 5.74) is 5.30. The van der Waals surface area contributed by atoms with E-state index in [0.29, 0.717) is 12.0 Å². The number of hydrogen-bond acceptors (Lipinski definition) is 4. The van der Waals surface area contributed by atoms with Gasteiger partial charge in [-0.15, -0.1) is 5.10 Å². The molecule has 1 aromatic heterocycles. The molecule has 0 radical (unpaired) electrons. The van der Waals surface area contributed by atoms with Gasteiger partial charge in [0.25, 0.3) is 0 Å². The standard InChI is InChI=1S/C17H25N3S/c1-6-18-15(17-16(11(2)3)19-20-21-17)10-14-12(4)8-7-9-13(14)5/h7-9,11,15,18H,6,10H2,1-5H3. The van der Waals surface area contributed by atoms with E-state index in [2.05, 4.69) is 67.7 Å². The summed E-state index contributed by atoms with van der Waals surface area (Å²) in [6.07, 6.45) is 0.996. The van der Waals surface area contributed by atoms with Crippen LogP contribution in [0.2, 0.25) is 0 Å². The van der Waals surface area contributed by atoms with Gasteiger partial charge in [0, 0.05) is 6.04 Å². The molecule has 2 aromatic rings. The number of nitrogens with zero attached hydrogens (tertiary/aromatic N) is 2. The molecule has 1 unspecified atom stereocenters. The van der Waals surface area contributed by atoms with Gasteiger partial charge in [0.15, 0.2) is 0 Å². The molecule has 1 heterocycles. The summed E-state index contributed by atoms with van der Waals surface area (Å²) in [5, 5.41) is 7.95. The monoisotopic (exact) mass is 303 g/mol. The minimum Gasteiger partial charge on any atom is -0.309 e. The first-order chi connectivity index (χ1) is 10.0. The number of benzene rings is 1. The van der Waals surface area contributed by atoms with E-state index in [-0.39, 0.29) is 0 Å². The molecule has 4 heteroatoms. The lowest BCUT2D eigenvalue weighted by Gasteiger charge is -2.20.